The van der Waals surface area contributed by atoms with Gasteiger partial charge in [0.05, 0.1) is 0 Å². The van der Waals surface area contributed by atoms with Crippen LogP contribution in [-0.4, -0.2) is 11.7 Å². The van der Waals surface area contributed by atoms with E-state index in [1.54, 1.807) is 0 Å². The van der Waals surface area contributed by atoms with E-state index in [9.17, 15) is 0 Å². The fourth-order valence-corrected chi connectivity index (χ4v) is 2.74. The Bertz CT molecular complexity index is 367. The molecule has 2 atom stereocenters. The molecule has 0 saturated heterocycles. The van der Waals surface area contributed by atoms with Crippen molar-refractivity contribution in [2.75, 3.05) is 6.61 Å². The highest BCUT2D eigenvalue weighted by molar-refractivity contribution is 5.31. The monoisotopic (exact) mass is 216 g/mol. The number of hydrogen-bond acceptors (Lipinski definition) is 1. The largest absolute Gasteiger partial charge is 0.396 e. The maximum atomic E-state index is 9.13. The fraction of sp³-hybridized carbons (Fsp3) is 0.467. The van der Waals surface area contributed by atoms with Crippen LogP contribution in [-0.2, 0) is 0 Å². The molecule has 0 bridgehead atoms. The van der Waals surface area contributed by atoms with Crippen molar-refractivity contribution in [1.82, 2.24) is 0 Å². The summed E-state index contributed by atoms with van der Waals surface area (Å²) in [6.45, 7) is 2.49. The Morgan fingerprint density at radius 3 is 2.69 bits per heavy atom. The van der Waals surface area contributed by atoms with Crippen LogP contribution in [0.1, 0.15) is 36.3 Å². The van der Waals surface area contributed by atoms with E-state index < -0.39 is 0 Å². The predicted molar refractivity (Wildman–Crippen MR) is 67.5 cm³/mol. The molecular weight excluding hydrogens is 196 g/mol. The molecule has 0 fully saturated rings. The summed E-state index contributed by atoms with van der Waals surface area (Å²) in [5.74, 6) is 1.20. The third-order valence-corrected chi connectivity index (χ3v) is 3.65. The van der Waals surface area contributed by atoms with Crippen LogP contribution in [0.3, 0.4) is 0 Å². The summed E-state index contributed by atoms with van der Waals surface area (Å²) in [6, 6.07) is 8.64. The van der Waals surface area contributed by atoms with Gasteiger partial charge in [-0.3, -0.25) is 0 Å². The van der Waals surface area contributed by atoms with Gasteiger partial charge in [-0.2, -0.15) is 0 Å². The Kier molecular flexibility index (Phi) is 3.79. The second-order valence-corrected chi connectivity index (χ2v) is 4.68. The smallest absolute Gasteiger partial charge is 0.0433 e. The van der Waals surface area contributed by atoms with Crippen molar-refractivity contribution in [2.24, 2.45) is 5.92 Å². The lowest BCUT2D eigenvalue weighted by atomic mass is 9.76. The molecule has 1 N–H and O–H groups in total. The van der Waals surface area contributed by atoms with Crippen LogP contribution in [0.2, 0.25) is 0 Å². The van der Waals surface area contributed by atoms with Gasteiger partial charge in [0.15, 0.2) is 0 Å². The fourth-order valence-electron chi connectivity index (χ4n) is 2.74. The summed E-state index contributed by atoms with van der Waals surface area (Å²) in [5, 5.41) is 9.13. The van der Waals surface area contributed by atoms with E-state index in [4.69, 9.17) is 5.11 Å². The minimum absolute atomic E-state index is 0.306. The number of aryl methyl sites for hydroxylation is 1. The molecular formula is C15H20O. The zero-order valence-corrected chi connectivity index (χ0v) is 9.89. The molecule has 1 aromatic rings. The summed E-state index contributed by atoms with van der Waals surface area (Å²) in [6.07, 6.45) is 7.69. The van der Waals surface area contributed by atoms with Crippen LogP contribution in [0.5, 0.6) is 0 Å². The summed E-state index contributed by atoms with van der Waals surface area (Å²) in [7, 11) is 0. The maximum absolute atomic E-state index is 9.13. The van der Waals surface area contributed by atoms with Gasteiger partial charge in [-0.1, -0.05) is 36.4 Å². The van der Waals surface area contributed by atoms with E-state index in [2.05, 4.69) is 43.3 Å². The van der Waals surface area contributed by atoms with Crippen molar-refractivity contribution in [1.29, 1.82) is 0 Å². The molecule has 1 aliphatic carbocycles. The highest BCUT2D eigenvalue weighted by Crippen LogP contribution is 2.37. The van der Waals surface area contributed by atoms with Gasteiger partial charge in [-0.05, 0) is 49.1 Å². The number of benzene rings is 1. The lowest BCUT2D eigenvalue weighted by Gasteiger charge is -2.29. The van der Waals surface area contributed by atoms with E-state index in [0.717, 1.165) is 19.3 Å². The van der Waals surface area contributed by atoms with Gasteiger partial charge in [0, 0.05) is 6.61 Å². The molecule has 0 saturated carbocycles. The molecule has 1 heteroatoms. The van der Waals surface area contributed by atoms with Crippen molar-refractivity contribution in [3.05, 3.63) is 47.5 Å². The third kappa shape index (κ3) is 2.35. The first-order valence-corrected chi connectivity index (χ1v) is 6.14. The van der Waals surface area contributed by atoms with E-state index in [-0.39, 0.29) is 0 Å². The molecule has 0 amide bonds. The summed E-state index contributed by atoms with van der Waals surface area (Å²) in [4.78, 5) is 0. The molecule has 0 spiro atoms. The van der Waals surface area contributed by atoms with Crippen molar-refractivity contribution >= 4 is 0 Å². The summed E-state index contributed by atoms with van der Waals surface area (Å²) in [5.41, 5.74) is 2.84. The third-order valence-electron chi connectivity index (χ3n) is 3.65. The van der Waals surface area contributed by atoms with Crippen molar-refractivity contribution in [2.45, 2.75) is 32.1 Å². The Labute approximate surface area is 97.8 Å². The Morgan fingerprint density at radius 2 is 1.94 bits per heavy atom. The summed E-state index contributed by atoms with van der Waals surface area (Å²) < 4.78 is 0. The van der Waals surface area contributed by atoms with Crippen molar-refractivity contribution in [3.8, 4) is 0 Å². The molecule has 16 heavy (non-hydrogen) atoms. The second-order valence-electron chi connectivity index (χ2n) is 4.68. The van der Waals surface area contributed by atoms with Crippen LogP contribution < -0.4 is 0 Å². The van der Waals surface area contributed by atoms with Crippen LogP contribution in [0.4, 0.5) is 0 Å². The zero-order valence-electron chi connectivity index (χ0n) is 9.89. The average molecular weight is 216 g/mol. The zero-order chi connectivity index (χ0) is 11.4. The molecule has 0 aromatic heterocycles. The van der Waals surface area contributed by atoms with Crippen LogP contribution in [0, 0.1) is 12.8 Å². The highest BCUT2D eigenvalue weighted by atomic mass is 16.3. The van der Waals surface area contributed by atoms with E-state index in [0.29, 0.717) is 18.4 Å². The number of hydrogen-bond donors (Lipinski definition) is 1. The van der Waals surface area contributed by atoms with Crippen molar-refractivity contribution in [3.63, 3.8) is 0 Å². The topological polar surface area (TPSA) is 20.2 Å². The molecule has 2 unspecified atom stereocenters. The molecule has 1 nitrogen and oxygen atoms in total. The lowest BCUT2D eigenvalue weighted by Crippen LogP contribution is -2.17. The molecule has 0 aliphatic heterocycles. The van der Waals surface area contributed by atoms with Crippen LogP contribution in [0.25, 0.3) is 0 Å². The molecule has 86 valence electrons. The molecule has 1 aromatic carbocycles. The molecule has 1 aliphatic rings. The van der Waals surface area contributed by atoms with E-state index >= 15 is 0 Å². The van der Waals surface area contributed by atoms with E-state index in [1.165, 1.54) is 11.1 Å². The number of aliphatic hydroxyl groups excluding tert-OH is 1. The minimum atomic E-state index is 0.306. The van der Waals surface area contributed by atoms with Crippen molar-refractivity contribution < 1.29 is 5.11 Å². The van der Waals surface area contributed by atoms with E-state index in [1.807, 2.05) is 0 Å². The van der Waals surface area contributed by atoms with Gasteiger partial charge in [0.2, 0.25) is 0 Å². The number of allylic oxidation sites excluding steroid dienone is 2. The average Bonchev–Trinajstić information content (AvgIpc) is 2.31. The predicted octanol–water partition coefficient (Wildman–Crippen LogP) is 3.43. The summed E-state index contributed by atoms with van der Waals surface area (Å²) >= 11 is 0. The highest BCUT2D eigenvalue weighted by Gasteiger charge is 2.24. The first kappa shape index (κ1) is 11.4. The number of aliphatic hydroxyl groups is 1. The Morgan fingerprint density at radius 1 is 1.19 bits per heavy atom. The van der Waals surface area contributed by atoms with Gasteiger partial charge in [0.25, 0.3) is 0 Å². The Balaban J connectivity index is 2.24. The Hall–Kier alpha value is -1.08. The van der Waals surface area contributed by atoms with Gasteiger partial charge in [-0.15, -0.1) is 0 Å². The number of rotatable bonds is 3. The van der Waals surface area contributed by atoms with Gasteiger partial charge in [-0.25, -0.2) is 0 Å². The SMILES string of the molecule is Cc1ccccc1C1CC=CCC1CCO. The lowest BCUT2D eigenvalue weighted by molar-refractivity contribution is 0.239. The van der Waals surface area contributed by atoms with Gasteiger partial charge < -0.3 is 5.11 Å². The standard InChI is InChI=1S/C15H20O/c1-12-6-2-4-8-14(12)15-9-5-3-7-13(15)10-11-16/h2-6,8,13,15-16H,7,9-11H2,1H3. The van der Waals surface area contributed by atoms with Gasteiger partial charge >= 0.3 is 0 Å². The normalized spacial score (nSPS) is 24.6. The first-order valence-electron chi connectivity index (χ1n) is 6.14. The molecule has 0 radical (unpaired) electrons. The van der Waals surface area contributed by atoms with Crippen LogP contribution >= 0.6 is 0 Å². The second kappa shape index (κ2) is 5.31. The van der Waals surface area contributed by atoms with Gasteiger partial charge in [0.1, 0.15) is 0 Å². The first-order chi connectivity index (χ1) is 7.83. The molecule has 0 heterocycles. The quantitative estimate of drug-likeness (QED) is 0.767. The molecule has 2 rings (SSSR count). The van der Waals surface area contributed by atoms with Crippen LogP contribution in [0.15, 0.2) is 36.4 Å². The minimum Gasteiger partial charge on any atom is -0.396 e. The maximum Gasteiger partial charge on any atom is 0.0433 e.